The van der Waals surface area contributed by atoms with Crippen LogP contribution in [0, 0.1) is 12.8 Å². The minimum atomic E-state index is 0.574. The zero-order valence-electron chi connectivity index (χ0n) is 17.7. The fourth-order valence-electron chi connectivity index (χ4n) is 3.49. The summed E-state index contributed by atoms with van der Waals surface area (Å²) in [6, 6.07) is 16.5. The van der Waals surface area contributed by atoms with Gasteiger partial charge in [0.25, 0.3) is 0 Å². The molecule has 1 saturated heterocycles. The maximum atomic E-state index is 5.92. The average molecular weight is 395 g/mol. The van der Waals surface area contributed by atoms with E-state index in [0.29, 0.717) is 19.1 Å². The van der Waals surface area contributed by atoms with Crippen LogP contribution in [-0.4, -0.2) is 37.0 Å². The molecule has 0 aliphatic carbocycles. The Morgan fingerprint density at radius 3 is 2.62 bits per heavy atom. The lowest BCUT2D eigenvalue weighted by atomic mass is 10.0. The van der Waals surface area contributed by atoms with Crippen LogP contribution in [0.25, 0.3) is 0 Å². The smallest absolute Gasteiger partial charge is 0.198 e. The van der Waals surface area contributed by atoms with Gasteiger partial charge in [-0.15, -0.1) is 0 Å². The second-order valence-corrected chi connectivity index (χ2v) is 7.96. The van der Waals surface area contributed by atoms with E-state index in [0.717, 1.165) is 43.5 Å². The van der Waals surface area contributed by atoms with E-state index in [4.69, 9.17) is 15.5 Å². The van der Waals surface area contributed by atoms with Crippen molar-refractivity contribution in [1.82, 2.24) is 4.90 Å². The van der Waals surface area contributed by atoms with Crippen molar-refractivity contribution >= 4 is 11.6 Å². The lowest BCUT2D eigenvalue weighted by Gasteiger charge is -2.33. The summed E-state index contributed by atoms with van der Waals surface area (Å²) in [6.45, 7) is 8.49. The highest BCUT2D eigenvalue weighted by molar-refractivity contribution is 5.93. The molecule has 2 aromatic rings. The summed E-state index contributed by atoms with van der Waals surface area (Å²) in [4.78, 5) is 7.16. The average Bonchev–Trinajstić information content (AvgIpc) is 2.74. The van der Waals surface area contributed by atoms with Gasteiger partial charge in [-0.3, -0.25) is 4.99 Å². The monoisotopic (exact) mass is 394 g/mol. The lowest BCUT2D eigenvalue weighted by molar-refractivity contribution is 0.272. The highest BCUT2D eigenvalue weighted by Gasteiger charge is 2.19. The Balaban J connectivity index is 1.60. The number of benzene rings is 2. The minimum Gasteiger partial charge on any atom is -0.489 e. The van der Waals surface area contributed by atoms with Crippen LogP contribution in [0.4, 0.5) is 5.69 Å². The van der Waals surface area contributed by atoms with Crippen molar-refractivity contribution in [1.29, 1.82) is 0 Å². The number of likely N-dealkylation sites (tertiary alicyclic amines) is 1. The highest BCUT2D eigenvalue weighted by atomic mass is 16.5. The van der Waals surface area contributed by atoms with E-state index in [-0.39, 0.29) is 0 Å². The van der Waals surface area contributed by atoms with Crippen LogP contribution in [-0.2, 0) is 6.61 Å². The van der Waals surface area contributed by atoms with Crippen LogP contribution in [0.1, 0.15) is 37.3 Å². The van der Waals surface area contributed by atoms with Crippen LogP contribution < -0.4 is 15.8 Å². The fourth-order valence-corrected chi connectivity index (χ4v) is 3.49. The second-order valence-electron chi connectivity index (χ2n) is 7.96. The summed E-state index contributed by atoms with van der Waals surface area (Å²) in [7, 11) is 0. The molecule has 0 amide bonds. The van der Waals surface area contributed by atoms with Gasteiger partial charge in [-0.2, -0.15) is 0 Å². The maximum absolute atomic E-state index is 5.92. The summed E-state index contributed by atoms with van der Waals surface area (Å²) in [6.07, 6.45) is 3.41. The van der Waals surface area contributed by atoms with Gasteiger partial charge in [0.05, 0.1) is 0 Å². The first-order valence-corrected chi connectivity index (χ1v) is 10.7. The molecule has 156 valence electrons. The molecule has 1 aliphatic rings. The number of nitrogens with zero attached hydrogens (tertiary/aromatic N) is 2. The van der Waals surface area contributed by atoms with Gasteiger partial charge in [0.15, 0.2) is 5.96 Å². The van der Waals surface area contributed by atoms with Crippen molar-refractivity contribution in [2.45, 2.75) is 39.7 Å². The van der Waals surface area contributed by atoms with Gasteiger partial charge < -0.3 is 20.7 Å². The summed E-state index contributed by atoms with van der Waals surface area (Å²) >= 11 is 0. The Bertz CT molecular complexity index is 770. The van der Waals surface area contributed by atoms with Gasteiger partial charge >= 0.3 is 0 Å². The number of nitrogens with two attached hydrogens (primary N) is 1. The third kappa shape index (κ3) is 6.79. The van der Waals surface area contributed by atoms with Gasteiger partial charge in [0.1, 0.15) is 12.4 Å². The standard InChI is InChI=1S/C24H34N4O/c1-19-6-8-21(9-7-19)18-29-23-12-10-22(11-13-23)27-24(26-15-4-14-25)28-16-3-5-20(2)17-28/h6-13,20H,3-5,14-18,25H2,1-2H3,(H,26,27). The number of rotatable bonds is 7. The molecule has 5 nitrogen and oxygen atoms in total. The van der Waals surface area contributed by atoms with Crippen LogP contribution in [0.3, 0.4) is 0 Å². The summed E-state index contributed by atoms with van der Waals surface area (Å²) in [5, 5.41) is 3.51. The summed E-state index contributed by atoms with van der Waals surface area (Å²) in [5.74, 6) is 2.52. The zero-order valence-corrected chi connectivity index (χ0v) is 17.7. The number of piperidine rings is 1. The van der Waals surface area contributed by atoms with Gasteiger partial charge in [-0.25, -0.2) is 0 Å². The molecule has 0 radical (unpaired) electrons. The maximum Gasteiger partial charge on any atom is 0.198 e. The fraction of sp³-hybridized carbons (Fsp3) is 0.458. The topological polar surface area (TPSA) is 62.9 Å². The lowest BCUT2D eigenvalue weighted by Crippen LogP contribution is -2.43. The predicted octanol–water partition coefficient (Wildman–Crippen LogP) is 4.42. The van der Waals surface area contributed by atoms with E-state index in [9.17, 15) is 0 Å². The van der Waals surface area contributed by atoms with E-state index < -0.39 is 0 Å². The minimum absolute atomic E-state index is 0.574. The van der Waals surface area contributed by atoms with Crippen LogP contribution >= 0.6 is 0 Å². The van der Waals surface area contributed by atoms with Crippen molar-refractivity contribution in [3.63, 3.8) is 0 Å². The van der Waals surface area contributed by atoms with E-state index in [1.165, 1.54) is 24.0 Å². The number of aryl methyl sites for hydroxylation is 1. The molecule has 1 heterocycles. The molecule has 1 aliphatic heterocycles. The number of nitrogens with one attached hydrogen (secondary N) is 1. The van der Waals surface area contributed by atoms with Crippen LogP contribution in [0.15, 0.2) is 53.5 Å². The summed E-state index contributed by atoms with van der Waals surface area (Å²) in [5.41, 5.74) is 9.10. The predicted molar refractivity (Wildman–Crippen MR) is 122 cm³/mol. The van der Waals surface area contributed by atoms with Crippen molar-refractivity contribution in [3.05, 3.63) is 59.7 Å². The largest absolute Gasteiger partial charge is 0.489 e. The molecule has 3 rings (SSSR count). The second kappa shape index (κ2) is 10.9. The Morgan fingerprint density at radius 1 is 1.17 bits per heavy atom. The van der Waals surface area contributed by atoms with E-state index in [2.05, 4.69) is 60.5 Å². The first-order valence-electron chi connectivity index (χ1n) is 10.7. The highest BCUT2D eigenvalue weighted by Crippen LogP contribution is 2.20. The normalized spacial score (nSPS) is 17.3. The number of ether oxygens (including phenoxy) is 1. The molecule has 1 atom stereocenters. The molecule has 3 N–H and O–H groups in total. The van der Waals surface area contributed by atoms with Crippen LogP contribution in [0.2, 0.25) is 0 Å². The third-order valence-electron chi connectivity index (χ3n) is 5.22. The quantitative estimate of drug-likeness (QED) is 0.414. The Labute approximate surface area is 175 Å². The summed E-state index contributed by atoms with van der Waals surface area (Å²) < 4.78 is 5.92. The molecular formula is C24H34N4O. The van der Waals surface area contributed by atoms with Crippen LogP contribution in [0.5, 0.6) is 5.75 Å². The first-order chi connectivity index (χ1) is 14.1. The van der Waals surface area contributed by atoms with E-state index >= 15 is 0 Å². The van der Waals surface area contributed by atoms with Gasteiger partial charge in [-0.1, -0.05) is 36.8 Å². The number of guanidine groups is 1. The van der Waals surface area contributed by atoms with Gasteiger partial charge in [0, 0.05) is 25.3 Å². The van der Waals surface area contributed by atoms with Crippen molar-refractivity contribution in [2.24, 2.45) is 16.6 Å². The molecule has 0 saturated carbocycles. The van der Waals surface area contributed by atoms with E-state index in [1.807, 2.05) is 12.1 Å². The van der Waals surface area contributed by atoms with Gasteiger partial charge in [-0.05, 0) is 68.5 Å². The molecule has 5 heteroatoms. The Morgan fingerprint density at radius 2 is 1.93 bits per heavy atom. The third-order valence-corrected chi connectivity index (χ3v) is 5.22. The van der Waals surface area contributed by atoms with Crippen molar-refractivity contribution in [2.75, 3.05) is 31.5 Å². The Kier molecular flexibility index (Phi) is 7.94. The van der Waals surface area contributed by atoms with Gasteiger partial charge in [0.2, 0.25) is 0 Å². The van der Waals surface area contributed by atoms with E-state index in [1.54, 1.807) is 0 Å². The number of hydrogen-bond acceptors (Lipinski definition) is 3. The van der Waals surface area contributed by atoms with Crippen molar-refractivity contribution in [3.8, 4) is 5.75 Å². The molecule has 0 spiro atoms. The SMILES string of the molecule is Cc1ccc(COc2ccc(NC(=NCCCN)N3CCCC(C)C3)cc2)cc1. The molecular weight excluding hydrogens is 360 g/mol. The zero-order chi connectivity index (χ0) is 20.5. The number of anilines is 1. The van der Waals surface area contributed by atoms with Crippen molar-refractivity contribution < 1.29 is 4.74 Å². The Hall–Kier alpha value is -2.53. The number of hydrogen-bond donors (Lipinski definition) is 2. The molecule has 0 aromatic heterocycles. The molecule has 1 fully saturated rings. The number of aliphatic imine (C=N–C) groups is 1. The molecule has 2 aromatic carbocycles. The molecule has 0 bridgehead atoms. The first kappa shape index (κ1) is 21.2. The molecule has 1 unspecified atom stereocenters. The molecule has 29 heavy (non-hydrogen) atoms.